The molecule has 0 aliphatic carbocycles. The van der Waals surface area contributed by atoms with Crippen LogP contribution >= 0.6 is 12.4 Å². The van der Waals surface area contributed by atoms with Gasteiger partial charge in [-0.25, -0.2) is 9.67 Å². The number of nitrogens with one attached hydrogen (secondary N) is 2. The first-order chi connectivity index (χ1) is 12.3. The number of hydrogen-bond acceptors (Lipinski definition) is 4. The second kappa shape index (κ2) is 9.70. The zero-order valence-corrected chi connectivity index (χ0v) is 16.1. The molecule has 2 N–H and O–H groups in total. The highest BCUT2D eigenvalue weighted by Crippen LogP contribution is 2.29. The minimum absolute atomic E-state index is 0. The number of alkyl halides is 3. The predicted octanol–water partition coefficient (Wildman–Crippen LogP) is 3.17. The highest BCUT2D eigenvalue weighted by molar-refractivity contribution is 5.95. The Kier molecular flexibility index (Phi) is 8.23. The lowest BCUT2D eigenvalue weighted by Gasteiger charge is -2.13. The van der Waals surface area contributed by atoms with E-state index in [9.17, 15) is 18.0 Å². The van der Waals surface area contributed by atoms with Crippen molar-refractivity contribution < 1.29 is 18.0 Å². The molecule has 0 spiro atoms. The maximum Gasteiger partial charge on any atom is 0.417 e. The Morgan fingerprint density at radius 1 is 1.22 bits per heavy atom. The number of hydrogen-bond donors (Lipinski definition) is 2. The van der Waals surface area contributed by atoms with Crippen molar-refractivity contribution in [3.05, 3.63) is 41.3 Å². The third-order valence-corrected chi connectivity index (χ3v) is 3.73. The zero-order valence-electron chi connectivity index (χ0n) is 15.3. The smallest absolute Gasteiger partial charge is 0.351 e. The summed E-state index contributed by atoms with van der Waals surface area (Å²) >= 11 is 0. The number of halogens is 4. The van der Waals surface area contributed by atoms with Crippen molar-refractivity contribution in [2.45, 2.75) is 32.9 Å². The molecule has 6 nitrogen and oxygen atoms in total. The third kappa shape index (κ3) is 5.67. The first-order valence-corrected chi connectivity index (χ1v) is 8.36. The third-order valence-electron chi connectivity index (χ3n) is 3.73. The Morgan fingerprint density at radius 2 is 1.93 bits per heavy atom. The fourth-order valence-corrected chi connectivity index (χ4v) is 2.49. The van der Waals surface area contributed by atoms with Crippen LogP contribution in [0.1, 0.15) is 48.3 Å². The van der Waals surface area contributed by atoms with E-state index in [1.54, 1.807) is 0 Å². The summed E-state index contributed by atoms with van der Waals surface area (Å²) in [6.45, 7) is 7.66. The molecule has 0 saturated carbocycles. The molecular weight excluding hydrogens is 383 g/mol. The molecule has 0 aliphatic rings. The number of rotatable bonds is 7. The Balaban J connectivity index is 0.00000364. The summed E-state index contributed by atoms with van der Waals surface area (Å²) in [6, 6.07) is 2.19. The largest absolute Gasteiger partial charge is 0.417 e. The highest BCUT2D eigenvalue weighted by Gasteiger charge is 2.31. The van der Waals surface area contributed by atoms with Crippen molar-refractivity contribution in [2.75, 3.05) is 19.6 Å². The number of aromatic nitrogens is 3. The average Bonchev–Trinajstić information content (AvgIpc) is 3.03. The van der Waals surface area contributed by atoms with Crippen LogP contribution in [0.25, 0.3) is 5.82 Å². The maximum atomic E-state index is 12.7. The Hall–Kier alpha value is -2.13. The van der Waals surface area contributed by atoms with Gasteiger partial charge < -0.3 is 10.6 Å². The standard InChI is InChI=1S/C17H22F3N5O.ClH/c1-4-21-7-8-22-16(26)13-10-24-25(15(13)11(2)3)14-6-5-12(9-23-14)17(18,19)20;/h5-6,9-11,21H,4,7-8H2,1-3H3,(H,22,26);1H. The number of carbonyl (C=O) groups is 1. The summed E-state index contributed by atoms with van der Waals surface area (Å²) in [5, 5.41) is 10.1. The predicted molar refractivity (Wildman–Crippen MR) is 98.6 cm³/mol. The second-order valence-corrected chi connectivity index (χ2v) is 6.02. The molecule has 0 unspecified atom stereocenters. The van der Waals surface area contributed by atoms with Crippen LogP contribution in [0, 0.1) is 0 Å². The van der Waals surface area contributed by atoms with Crippen LogP contribution in [0.5, 0.6) is 0 Å². The van der Waals surface area contributed by atoms with E-state index in [0.717, 1.165) is 18.8 Å². The van der Waals surface area contributed by atoms with Crippen LogP contribution in [0.4, 0.5) is 13.2 Å². The molecule has 0 atom stereocenters. The van der Waals surface area contributed by atoms with Gasteiger partial charge in [0.25, 0.3) is 5.91 Å². The number of amides is 1. The lowest BCUT2D eigenvalue weighted by molar-refractivity contribution is -0.137. The van der Waals surface area contributed by atoms with Crippen molar-refractivity contribution in [2.24, 2.45) is 0 Å². The first kappa shape index (κ1) is 22.9. The molecule has 0 aliphatic heterocycles. The van der Waals surface area contributed by atoms with Crippen molar-refractivity contribution in [3.63, 3.8) is 0 Å². The zero-order chi connectivity index (χ0) is 19.3. The van der Waals surface area contributed by atoms with Crippen molar-refractivity contribution in [3.8, 4) is 5.82 Å². The minimum Gasteiger partial charge on any atom is -0.351 e. The summed E-state index contributed by atoms with van der Waals surface area (Å²) in [6.07, 6.45) is -2.28. The lowest BCUT2D eigenvalue weighted by atomic mass is 10.1. The van der Waals surface area contributed by atoms with Gasteiger partial charge in [0, 0.05) is 19.3 Å². The van der Waals surface area contributed by atoms with Crippen LogP contribution in [0.2, 0.25) is 0 Å². The first-order valence-electron chi connectivity index (χ1n) is 8.36. The topological polar surface area (TPSA) is 71.8 Å². The van der Waals surface area contributed by atoms with E-state index in [1.807, 2.05) is 20.8 Å². The molecule has 2 aromatic heterocycles. The molecule has 0 fully saturated rings. The van der Waals surface area contributed by atoms with Crippen molar-refractivity contribution in [1.82, 2.24) is 25.4 Å². The molecular formula is C17H23ClF3N5O. The SMILES string of the molecule is CCNCCNC(=O)c1cnn(-c2ccc(C(F)(F)F)cn2)c1C(C)C.Cl. The molecule has 27 heavy (non-hydrogen) atoms. The van der Waals surface area contributed by atoms with Gasteiger partial charge in [0.15, 0.2) is 5.82 Å². The van der Waals surface area contributed by atoms with Gasteiger partial charge in [-0.3, -0.25) is 4.79 Å². The summed E-state index contributed by atoms with van der Waals surface area (Å²) in [7, 11) is 0. The quantitative estimate of drug-likeness (QED) is 0.694. The van der Waals surface area contributed by atoms with Gasteiger partial charge in [0.05, 0.1) is 23.0 Å². The number of carbonyl (C=O) groups excluding carboxylic acids is 1. The molecule has 150 valence electrons. The van der Waals surface area contributed by atoms with E-state index in [1.165, 1.54) is 16.9 Å². The maximum absolute atomic E-state index is 12.7. The van der Waals surface area contributed by atoms with Crippen LogP contribution in [0.15, 0.2) is 24.5 Å². The van der Waals surface area contributed by atoms with Crippen LogP contribution in [-0.2, 0) is 6.18 Å². The molecule has 2 heterocycles. The minimum atomic E-state index is -4.45. The summed E-state index contributed by atoms with van der Waals surface area (Å²) < 4.78 is 39.5. The average molecular weight is 406 g/mol. The number of nitrogens with zero attached hydrogens (tertiary/aromatic N) is 3. The Morgan fingerprint density at radius 3 is 2.44 bits per heavy atom. The van der Waals surface area contributed by atoms with Gasteiger partial charge in [0.1, 0.15) is 0 Å². The highest BCUT2D eigenvalue weighted by atomic mass is 35.5. The van der Waals surface area contributed by atoms with Gasteiger partial charge in [-0.15, -0.1) is 12.4 Å². The van der Waals surface area contributed by atoms with E-state index in [2.05, 4.69) is 20.7 Å². The summed E-state index contributed by atoms with van der Waals surface area (Å²) in [4.78, 5) is 16.3. The summed E-state index contributed by atoms with van der Waals surface area (Å²) in [5.74, 6) is -0.116. The Bertz CT molecular complexity index is 744. The van der Waals surface area contributed by atoms with Crippen molar-refractivity contribution in [1.29, 1.82) is 0 Å². The van der Waals surface area contributed by atoms with E-state index in [4.69, 9.17) is 0 Å². The van der Waals surface area contributed by atoms with E-state index >= 15 is 0 Å². The van der Waals surface area contributed by atoms with Gasteiger partial charge in [-0.05, 0) is 24.6 Å². The number of likely N-dealkylation sites (N-methyl/N-ethyl adjacent to an activating group) is 1. The Labute approximate surface area is 162 Å². The normalized spacial score (nSPS) is 11.4. The monoisotopic (exact) mass is 405 g/mol. The van der Waals surface area contributed by atoms with E-state index in [0.29, 0.717) is 24.3 Å². The molecule has 10 heteroatoms. The molecule has 0 bridgehead atoms. The fourth-order valence-electron chi connectivity index (χ4n) is 2.49. The van der Waals surface area contributed by atoms with E-state index in [-0.39, 0.29) is 30.0 Å². The van der Waals surface area contributed by atoms with Crippen LogP contribution < -0.4 is 10.6 Å². The van der Waals surface area contributed by atoms with E-state index < -0.39 is 11.7 Å². The van der Waals surface area contributed by atoms with Crippen molar-refractivity contribution >= 4 is 18.3 Å². The van der Waals surface area contributed by atoms with Gasteiger partial charge in [-0.1, -0.05) is 20.8 Å². The van der Waals surface area contributed by atoms with Gasteiger partial charge >= 0.3 is 6.18 Å². The molecule has 2 aromatic rings. The van der Waals surface area contributed by atoms with Crippen LogP contribution in [-0.4, -0.2) is 40.3 Å². The fraction of sp³-hybridized carbons (Fsp3) is 0.471. The van der Waals surface area contributed by atoms with Gasteiger partial charge in [0.2, 0.25) is 0 Å². The number of pyridine rings is 1. The second-order valence-electron chi connectivity index (χ2n) is 6.02. The molecule has 1 amide bonds. The lowest BCUT2D eigenvalue weighted by Crippen LogP contribution is -2.32. The molecule has 0 radical (unpaired) electrons. The van der Waals surface area contributed by atoms with Gasteiger partial charge in [-0.2, -0.15) is 18.3 Å². The molecule has 0 saturated heterocycles. The summed E-state index contributed by atoms with van der Waals surface area (Å²) in [5.41, 5.74) is 0.150. The van der Waals surface area contributed by atoms with Crippen LogP contribution in [0.3, 0.4) is 0 Å². The molecule has 2 rings (SSSR count). The molecule has 0 aromatic carbocycles.